The number of alkyl halides is 1. The van der Waals surface area contributed by atoms with Gasteiger partial charge in [0, 0.05) is 5.56 Å². The fraction of sp³-hybridized carbons (Fsp3) is 0.200. The van der Waals surface area contributed by atoms with Gasteiger partial charge in [-0.1, -0.05) is 45.4 Å². The molecule has 0 aliphatic rings. The first kappa shape index (κ1) is 9.64. The van der Waals surface area contributed by atoms with E-state index in [1.54, 1.807) is 0 Å². The number of benzene rings is 1. The highest BCUT2D eigenvalue weighted by Gasteiger charge is 1.95. The van der Waals surface area contributed by atoms with Gasteiger partial charge in [-0.2, -0.15) is 0 Å². The van der Waals surface area contributed by atoms with E-state index < -0.39 is 0 Å². The van der Waals surface area contributed by atoms with Gasteiger partial charge in [-0.15, -0.1) is 0 Å². The predicted octanol–water partition coefficient (Wildman–Crippen LogP) is 3.39. The Morgan fingerprint density at radius 1 is 1.50 bits per heavy atom. The Labute approximate surface area is 86.1 Å². The lowest BCUT2D eigenvalue weighted by atomic mass is 10.1. The molecule has 0 heterocycles. The molecule has 0 aliphatic carbocycles. The lowest BCUT2D eigenvalue weighted by Crippen LogP contribution is -1.78. The molecule has 1 rings (SSSR count). The highest BCUT2D eigenvalue weighted by atomic mass is 79.9. The fourth-order valence-corrected chi connectivity index (χ4v) is 1.27. The van der Waals surface area contributed by atoms with Crippen molar-refractivity contribution < 1.29 is 0 Å². The van der Waals surface area contributed by atoms with Gasteiger partial charge in [-0.25, -0.2) is 0 Å². The Morgan fingerprint density at radius 2 is 2.25 bits per heavy atom. The maximum absolute atomic E-state index is 5.95. The predicted molar refractivity (Wildman–Crippen MR) is 56.9 cm³/mol. The molecule has 0 nitrogen and oxygen atoms in total. The lowest BCUT2D eigenvalue weighted by Gasteiger charge is -1.96. The summed E-state index contributed by atoms with van der Waals surface area (Å²) in [7, 11) is 0. The molecule has 0 fully saturated rings. The molecule has 0 saturated carbocycles. The van der Waals surface area contributed by atoms with Crippen LogP contribution < -0.4 is 0 Å². The first-order valence-corrected chi connectivity index (χ1v) is 5.05. The molecule has 0 unspecified atom stereocenters. The topological polar surface area (TPSA) is 0 Å². The molecule has 0 amide bonds. The summed E-state index contributed by atoms with van der Waals surface area (Å²) in [5.41, 5.74) is 2.05. The van der Waals surface area contributed by atoms with Crippen molar-refractivity contribution in [2.24, 2.45) is 0 Å². The summed E-state index contributed by atoms with van der Waals surface area (Å²) >= 11 is 9.18. The zero-order valence-electron chi connectivity index (χ0n) is 6.70. The van der Waals surface area contributed by atoms with Crippen molar-refractivity contribution >= 4 is 27.5 Å². The van der Waals surface area contributed by atoms with Crippen LogP contribution in [0.25, 0.3) is 0 Å². The smallest absolute Gasteiger partial charge is 0.0649 e. The molecule has 12 heavy (non-hydrogen) atoms. The van der Waals surface area contributed by atoms with Gasteiger partial charge in [0.15, 0.2) is 0 Å². The van der Waals surface area contributed by atoms with Crippen molar-refractivity contribution in [3.05, 3.63) is 34.3 Å². The minimum atomic E-state index is 0.678. The van der Waals surface area contributed by atoms with E-state index >= 15 is 0 Å². The van der Waals surface area contributed by atoms with E-state index in [-0.39, 0.29) is 0 Å². The normalized spacial score (nSPS) is 8.92. The van der Waals surface area contributed by atoms with Crippen LogP contribution in [0.2, 0.25) is 5.02 Å². The summed E-state index contributed by atoms with van der Waals surface area (Å²) in [6, 6.07) is 5.86. The molecular weight excluding hydrogens is 235 g/mol. The molecule has 0 saturated heterocycles. The molecule has 1 aromatic carbocycles. The second-order valence-electron chi connectivity index (χ2n) is 2.42. The molecule has 1 aromatic rings. The highest BCUT2D eigenvalue weighted by molar-refractivity contribution is 9.09. The average Bonchev–Trinajstić information content (AvgIpc) is 2.03. The second-order valence-corrected chi connectivity index (χ2v) is 3.39. The molecular formula is C10H8BrCl. The minimum Gasteiger partial charge on any atom is -0.0863 e. The van der Waals surface area contributed by atoms with Gasteiger partial charge in [0.2, 0.25) is 0 Å². The van der Waals surface area contributed by atoms with Crippen LogP contribution in [0.1, 0.15) is 11.1 Å². The van der Waals surface area contributed by atoms with Crippen molar-refractivity contribution in [1.29, 1.82) is 0 Å². The molecule has 62 valence electrons. The van der Waals surface area contributed by atoms with Crippen LogP contribution in [0.15, 0.2) is 18.2 Å². The van der Waals surface area contributed by atoms with Crippen LogP contribution in [-0.4, -0.2) is 5.33 Å². The third-order valence-corrected chi connectivity index (χ3v) is 2.01. The molecule has 0 radical (unpaired) electrons. The first-order valence-electron chi connectivity index (χ1n) is 3.55. The van der Waals surface area contributed by atoms with Crippen LogP contribution in [0.3, 0.4) is 0 Å². The van der Waals surface area contributed by atoms with E-state index in [2.05, 4.69) is 27.8 Å². The van der Waals surface area contributed by atoms with E-state index in [4.69, 9.17) is 11.6 Å². The van der Waals surface area contributed by atoms with E-state index in [0.29, 0.717) is 5.33 Å². The summed E-state index contributed by atoms with van der Waals surface area (Å²) in [6.07, 6.45) is 0. The van der Waals surface area contributed by atoms with E-state index in [0.717, 1.165) is 16.1 Å². The molecule has 0 bridgehead atoms. The average molecular weight is 244 g/mol. The number of hydrogen-bond acceptors (Lipinski definition) is 0. The Morgan fingerprint density at radius 3 is 2.83 bits per heavy atom. The summed E-state index contributed by atoms with van der Waals surface area (Å²) in [5.74, 6) is 5.87. The summed E-state index contributed by atoms with van der Waals surface area (Å²) in [6.45, 7) is 2.01. The van der Waals surface area contributed by atoms with Gasteiger partial charge >= 0.3 is 0 Å². The zero-order valence-corrected chi connectivity index (χ0v) is 9.04. The standard InChI is InChI=1S/C10H8BrCl/c1-8-4-5-9(3-2-6-11)10(12)7-8/h4-5,7H,6H2,1H3. The lowest BCUT2D eigenvalue weighted by molar-refractivity contribution is 1.46. The van der Waals surface area contributed by atoms with Crippen molar-refractivity contribution in [1.82, 2.24) is 0 Å². The Bertz CT molecular complexity index is 333. The molecule has 2 heteroatoms. The fourth-order valence-electron chi connectivity index (χ4n) is 0.850. The number of rotatable bonds is 0. The molecule has 0 atom stereocenters. The monoisotopic (exact) mass is 242 g/mol. The maximum Gasteiger partial charge on any atom is 0.0649 e. The van der Waals surface area contributed by atoms with Gasteiger partial charge in [0.05, 0.1) is 10.4 Å². The zero-order chi connectivity index (χ0) is 8.97. The molecule has 0 aromatic heterocycles. The number of hydrogen-bond donors (Lipinski definition) is 0. The van der Waals surface area contributed by atoms with Gasteiger partial charge < -0.3 is 0 Å². The van der Waals surface area contributed by atoms with Crippen molar-refractivity contribution in [3.8, 4) is 11.8 Å². The van der Waals surface area contributed by atoms with Crippen molar-refractivity contribution in [2.45, 2.75) is 6.92 Å². The summed E-state index contributed by atoms with van der Waals surface area (Å²) in [5, 5.41) is 1.40. The van der Waals surface area contributed by atoms with Gasteiger partial charge in [-0.3, -0.25) is 0 Å². The van der Waals surface area contributed by atoms with E-state index in [9.17, 15) is 0 Å². The van der Waals surface area contributed by atoms with Crippen LogP contribution in [0.5, 0.6) is 0 Å². The van der Waals surface area contributed by atoms with E-state index in [1.807, 2.05) is 25.1 Å². The van der Waals surface area contributed by atoms with Crippen LogP contribution in [0, 0.1) is 18.8 Å². The number of aryl methyl sites for hydroxylation is 1. The minimum absolute atomic E-state index is 0.678. The Hall–Kier alpha value is -0.450. The van der Waals surface area contributed by atoms with Crippen molar-refractivity contribution in [3.63, 3.8) is 0 Å². The Balaban J connectivity index is 3.01. The molecule has 0 spiro atoms. The van der Waals surface area contributed by atoms with Crippen LogP contribution in [-0.2, 0) is 0 Å². The summed E-state index contributed by atoms with van der Waals surface area (Å²) in [4.78, 5) is 0. The molecule has 0 N–H and O–H groups in total. The Kier molecular flexibility index (Phi) is 3.65. The van der Waals surface area contributed by atoms with Crippen LogP contribution in [0.4, 0.5) is 0 Å². The SMILES string of the molecule is Cc1ccc(C#CCBr)c(Cl)c1. The quantitative estimate of drug-likeness (QED) is 0.484. The van der Waals surface area contributed by atoms with Gasteiger partial charge in [-0.05, 0) is 24.6 Å². The molecule has 0 aliphatic heterocycles. The first-order chi connectivity index (χ1) is 5.74. The van der Waals surface area contributed by atoms with E-state index in [1.165, 1.54) is 0 Å². The van der Waals surface area contributed by atoms with Crippen LogP contribution >= 0.6 is 27.5 Å². The largest absolute Gasteiger partial charge is 0.0863 e. The maximum atomic E-state index is 5.95. The van der Waals surface area contributed by atoms with Gasteiger partial charge in [0.25, 0.3) is 0 Å². The highest BCUT2D eigenvalue weighted by Crippen LogP contribution is 2.16. The van der Waals surface area contributed by atoms with Crippen molar-refractivity contribution in [2.75, 3.05) is 5.33 Å². The number of halogens is 2. The summed E-state index contributed by atoms with van der Waals surface area (Å²) < 4.78 is 0. The second kappa shape index (κ2) is 4.54. The third kappa shape index (κ3) is 2.55. The third-order valence-electron chi connectivity index (χ3n) is 1.41. The van der Waals surface area contributed by atoms with Gasteiger partial charge in [0.1, 0.15) is 0 Å².